The smallest absolute Gasteiger partial charge is 0.388 e. The van der Waals surface area contributed by atoms with Gasteiger partial charge in [-0.3, -0.25) is 18.9 Å². The van der Waals surface area contributed by atoms with Gasteiger partial charge in [0, 0.05) is 31.2 Å². The molecule has 0 saturated carbocycles. The van der Waals surface area contributed by atoms with Crippen molar-refractivity contribution >= 4 is 25.2 Å². The van der Waals surface area contributed by atoms with Crippen LogP contribution < -0.4 is 20.9 Å². The van der Waals surface area contributed by atoms with E-state index in [0.29, 0.717) is 18.1 Å². The van der Waals surface area contributed by atoms with E-state index in [2.05, 4.69) is 10.1 Å². The summed E-state index contributed by atoms with van der Waals surface area (Å²) in [6, 6.07) is 13.9. The quantitative estimate of drug-likeness (QED) is 0.217. The Morgan fingerprint density at radius 2 is 1.92 bits per heavy atom. The van der Waals surface area contributed by atoms with E-state index in [0.717, 1.165) is 21.4 Å². The van der Waals surface area contributed by atoms with Gasteiger partial charge in [0.15, 0.2) is 12.0 Å². The van der Waals surface area contributed by atoms with E-state index in [1.165, 1.54) is 6.20 Å². The molecule has 4 atom stereocenters. The number of nitrogens with zero attached hydrogens (tertiary/aromatic N) is 1. The van der Waals surface area contributed by atoms with Crippen molar-refractivity contribution in [1.82, 2.24) is 14.6 Å². The van der Waals surface area contributed by atoms with Gasteiger partial charge in [-0.25, -0.2) is 4.79 Å². The third-order valence-corrected chi connectivity index (χ3v) is 7.07. The first-order valence-electron chi connectivity index (χ1n) is 12.0. The number of carbonyl (C=O) groups excluding carboxylic acids is 1. The second-order valence-electron chi connectivity index (χ2n) is 8.67. The predicted molar refractivity (Wildman–Crippen MR) is 142 cm³/mol. The van der Waals surface area contributed by atoms with Gasteiger partial charge in [0.25, 0.3) is 5.56 Å². The molecule has 1 fully saturated rings. The minimum atomic E-state index is -3.75. The summed E-state index contributed by atoms with van der Waals surface area (Å²) in [6.07, 6.45) is -0.476. The van der Waals surface area contributed by atoms with Crippen molar-refractivity contribution in [3.05, 3.63) is 75.6 Å². The molecule has 1 aromatic heterocycles. The molecule has 206 valence electrons. The number of H-pyrrole nitrogens is 1. The number of nitrogens with one attached hydrogen (secondary N) is 2. The Bertz CT molecular complexity index is 1310. The summed E-state index contributed by atoms with van der Waals surface area (Å²) in [5.41, 5.74) is -1.28. The number of hydrogen-bond acceptors (Lipinski definition) is 10. The molecule has 0 bridgehead atoms. The molecule has 1 aliphatic heterocycles. The van der Waals surface area contributed by atoms with Crippen molar-refractivity contribution in [2.45, 2.75) is 44.8 Å². The number of benzene rings is 2. The van der Waals surface area contributed by atoms with Crippen LogP contribution in [0.3, 0.4) is 0 Å². The summed E-state index contributed by atoms with van der Waals surface area (Å²) in [5, 5.41) is 14.6. The van der Waals surface area contributed by atoms with Crippen molar-refractivity contribution < 1.29 is 33.3 Å². The molecule has 2 aromatic carbocycles. The lowest BCUT2D eigenvalue weighted by Crippen LogP contribution is -2.35. The first kappa shape index (κ1) is 29.6. The third-order valence-electron chi connectivity index (χ3n) is 5.54. The van der Waals surface area contributed by atoms with Crippen LogP contribution in [0.25, 0.3) is 10.8 Å². The van der Waals surface area contributed by atoms with Gasteiger partial charge in [-0.2, -0.15) is 9.42 Å². The molecule has 0 spiro atoms. The van der Waals surface area contributed by atoms with Crippen LogP contribution >= 0.6 is 8.09 Å². The number of aliphatic hydroxyl groups excluding tert-OH is 1. The fraction of sp³-hybridized carbons (Fsp3) is 0.400. The van der Waals surface area contributed by atoms with Crippen LogP contribution in [0.1, 0.15) is 26.5 Å². The lowest BCUT2D eigenvalue weighted by Gasteiger charge is -2.19. The molecule has 1 saturated heterocycles. The van der Waals surface area contributed by atoms with Crippen LogP contribution in [0.4, 0.5) is 0 Å². The molecule has 4 unspecified atom stereocenters. The summed E-state index contributed by atoms with van der Waals surface area (Å²) >= 11 is 0. The van der Waals surface area contributed by atoms with Gasteiger partial charge >= 0.3 is 13.8 Å². The molecule has 0 amide bonds. The van der Waals surface area contributed by atoms with E-state index in [1.807, 2.05) is 44.2 Å². The molecular formula is C25H33N3O9P+. The summed E-state index contributed by atoms with van der Waals surface area (Å²) in [6.45, 7) is 3.60. The maximum Gasteiger partial charge on any atom is 0.544 e. The van der Waals surface area contributed by atoms with E-state index >= 15 is 0 Å². The van der Waals surface area contributed by atoms with E-state index in [-0.39, 0.29) is 19.6 Å². The van der Waals surface area contributed by atoms with Crippen LogP contribution in [-0.2, 0) is 18.8 Å². The monoisotopic (exact) mass is 550 g/mol. The molecule has 13 heteroatoms. The minimum Gasteiger partial charge on any atom is -0.388 e. The molecule has 4 rings (SSSR count). The summed E-state index contributed by atoms with van der Waals surface area (Å²) < 4.78 is 23.0. The number of aliphatic hydroxyl groups is 1. The Balaban J connectivity index is 0.000000732. The molecule has 3 aromatic rings. The summed E-state index contributed by atoms with van der Waals surface area (Å²) in [7, 11) is -2.05. The van der Waals surface area contributed by atoms with Gasteiger partial charge in [0.05, 0.1) is 18.8 Å². The molecule has 12 nitrogen and oxygen atoms in total. The van der Waals surface area contributed by atoms with E-state index in [9.17, 15) is 24.4 Å². The van der Waals surface area contributed by atoms with Crippen molar-refractivity contribution in [2.24, 2.45) is 0 Å². The minimum absolute atomic E-state index is 0.109. The van der Waals surface area contributed by atoms with Gasteiger partial charge in [-0.15, -0.1) is 5.09 Å². The van der Waals surface area contributed by atoms with Gasteiger partial charge in [0.1, 0.15) is 19.0 Å². The number of rotatable bonds is 10. The number of aldehydes is 1. The van der Waals surface area contributed by atoms with Crippen molar-refractivity contribution in [1.29, 1.82) is 0 Å². The molecule has 0 aliphatic carbocycles. The average Bonchev–Trinajstić information content (AvgIpc) is 3.27. The zero-order valence-corrected chi connectivity index (χ0v) is 22.2. The average molecular weight is 551 g/mol. The first-order valence-corrected chi connectivity index (χ1v) is 13.5. The molecule has 2 heterocycles. The number of fused-ring (bicyclic) bond motifs is 1. The van der Waals surface area contributed by atoms with Crippen LogP contribution in [0.2, 0.25) is 0 Å². The molecule has 0 radical (unpaired) electrons. The topological polar surface area (TPSA) is 161 Å². The highest BCUT2D eigenvalue weighted by atomic mass is 31.2. The van der Waals surface area contributed by atoms with Gasteiger partial charge in [-0.05, 0) is 25.3 Å². The Labute approximate surface area is 219 Å². The lowest BCUT2D eigenvalue weighted by molar-refractivity contribution is -0.107. The van der Waals surface area contributed by atoms with Crippen LogP contribution in [-0.4, -0.2) is 64.4 Å². The zero-order valence-electron chi connectivity index (χ0n) is 21.4. The fourth-order valence-corrected chi connectivity index (χ4v) is 4.87. The second kappa shape index (κ2) is 13.7. The maximum atomic E-state index is 12.0. The van der Waals surface area contributed by atoms with Crippen LogP contribution in [0.5, 0.6) is 5.75 Å². The van der Waals surface area contributed by atoms with E-state index < -0.39 is 37.8 Å². The summed E-state index contributed by atoms with van der Waals surface area (Å²) in [4.78, 5) is 47.3. The number of carbonyl (C=O) groups is 1. The Hall–Kier alpha value is -2.96. The van der Waals surface area contributed by atoms with Gasteiger partial charge in [0.2, 0.25) is 0 Å². The molecule has 4 N–H and O–H groups in total. The Morgan fingerprint density at radius 1 is 1.21 bits per heavy atom. The normalized spacial score (nSPS) is 20.5. The number of hydrogen-bond donors (Lipinski definition) is 4. The second-order valence-corrected chi connectivity index (χ2v) is 10.5. The lowest BCUT2D eigenvalue weighted by atomic mass is 10.1. The predicted octanol–water partition coefficient (Wildman–Crippen LogP) is 1.93. The van der Waals surface area contributed by atoms with Gasteiger partial charge in [-0.1, -0.05) is 36.4 Å². The third kappa shape index (κ3) is 8.02. The van der Waals surface area contributed by atoms with Gasteiger partial charge < -0.3 is 19.4 Å². The van der Waals surface area contributed by atoms with Crippen LogP contribution in [0, 0.1) is 0 Å². The largest absolute Gasteiger partial charge is 0.544 e. The number of aromatic nitrogens is 2. The molecule has 38 heavy (non-hydrogen) atoms. The highest BCUT2D eigenvalue weighted by molar-refractivity contribution is 7.58. The highest BCUT2D eigenvalue weighted by Crippen LogP contribution is 2.53. The summed E-state index contributed by atoms with van der Waals surface area (Å²) in [5.74, 6) is 0.368. The zero-order chi connectivity index (χ0) is 27.7. The number of methoxy groups -OCH3 is 1. The van der Waals surface area contributed by atoms with E-state index in [4.69, 9.17) is 18.5 Å². The molecular weight excluding hydrogens is 517 g/mol. The van der Waals surface area contributed by atoms with Crippen LogP contribution in [0.15, 0.2) is 64.3 Å². The highest BCUT2D eigenvalue weighted by Gasteiger charge is 2.46. The maximum absolute atomic E-state index is 12.0. The Kier molecular flexibility index (Phi) is 10.7. The standard InChI is InChI=1S/C21H22N3O8P.C4H10O/c25-11-9-22-33(29,32-18-7-3-5-14-4-1-2-6-16(14)18)30-13-15-12-17(26)20(31-15)24-10-8-19(27)23-21(24)28;1-4(2)5-3/h1-8,10-11,15,17,20,22,26,29H,9,12-13H2;4H,1-3H3/p+1. The van der Waals surface area contributed by atoms with Crippen molar-refractivity contribution in [3.8, 4) is 5.75 Å². The molecule has 1 aliphatic rings. The fourth-order valence-electron chi connectivity index (χ4n) is 3.56. The van der Waals surface area contributed by atoms with E-state index in [1.54, 1.807) is 19.2 Å². The SMILES string of the molecule is COC(C)C.O=CCN[P+](O)(OCC1CC(O)C(n2ccc(=O)[nH]c2=O)O1)Oc1cccc2ccccc12. The number of aromatic amines is 1. The Morgan fingerprint density at radius 3 is 2.61 bits per heavy atom. The van der Waals surface area contributed by atoms with Crippen molar-refractivity contribution in [3.63, 3.8) is 0 Å². The first-order chi connectivity index (χ1) is 18.2. The number of ether oxygens (including phenoxy) is 2. The van der Waals surface area contributed by atoms with Crippen molar-refractivity contribution in [2.75, 3.05) is 20.3 Å².